The Morgan fingerprint density at radius 3 is 2.75 bits per heavy atom. The van der Waals surface area contributed by atoms with E-state index >= 15 is 0 Å². The van der Waals surface area contributed by atoms with Gasteiger partial charge in [0.25, 0.3) is 5.91 Å². The van der Waals surface area contributed by atoms with Crippen LogP contribution in [0.2, 0.25) is 0 Å². The van der Waals surface area contributed by atoms with Gasteiger partial charge in [0.2, 0.25) is 0 Å². The molecular formula is C15H23FN2O2. The van der Waals surface area contributed by atoms with Crippen molar-refractivity contribution in [2.45, 2.75) is 33.4 Å². The molecule has 0 aliphatic rings. The Kier molecular flexibility index (Phi) is 6.45. The zero-order valence-corrected chi connectivity index (χ0v) is 12.6. The largest absolute Gasteiger partial charge is 0.483 e. The Bertz CT molecular complexity index is 449. The lowest BCUT2D eigenvalue weighted by Crippen LogP contribution is -2.36. The SMILES string of the molecule is CCNCc1cc(F)ccc1OCC(=O)N(C)C(C)C. The molecule has 5 heteroatoms. The normalized spacial score (nSPS) is 10.7. The monoisotopic (exact) mass is 282 g/mol. The molecule has 0 radical (unpaired) electrons. The number of hydrogen-bond donors (Lipinski definition) is 1. The third kappa shape index (κ3) is 4.81. The molecule has 0 aliphatic heterocycles. The Balaban J connectivity index is 2.69. The predicted octanol–water partition coefficient (Wildman–Crippen LogP) is 2.18. The van der Waals surface area contributed by atoms with E-state index < -0.39 is 0 Å². The molecule has 4 nitrogen and oxygen atoms in total. The quantitative estimate of drug-likeness (QED) is 0.833. The number of halogens is 1. The highest BCUT2D eigenvalue weighted by molar-refractivity contribution is 5.77. The number of hydrogen-bond acceptors (Lipinski definition) is 3. The maximum atomic E-state index is 13.2. The van der Waals surface area contributed by atoms with Crippen LogP contribution in [-0.4, -0.2) is 37.0 Å². The molecule has 1 rings (SSSR count). The van der Waals surface area contributed by atoms with Gasteiger partial charge in [-0.2, -0.15) is 0 Å². The van der Waals surface area contributed by atoms with Crippen molar-refractivity contribution in [3.8, 4) is 5.75 Å². The molecule has 1 N–H and O–H groups in total. The van der Waals surface area contributed by atoms with Gasteiger partial charge >= 0.3 is 0 Å². The van der Waals surface area contributed by atoms with Gasteiger partial charge in [-0.3, -0.25) is 4.79 Å². The highest BCUT2D eigenvalue weighted by Gasteiger charge is 2.13. The molecule has 0 saturated heterocycles. The number of carbonyl (C=O) groups excluding carboxylic acids is 1. The molecule has 1 amide bonds. The summed E-state index contributed by atoms with van der Waals surface area (Å²) in [6.07, 6.45) is 0. The van der Waals surface area contributed by atoms with E-state index in [-0.39, 0.29) is 24.4 Å². The van der Waals surface area contributed by atoms with Crippen molar-refractivity contribution in [1.29, 1.82) is 0 Å². The number of ether oxygens (including phenoxy) is 1. The molecule has 1 aromatic rings. The topological polar surface area (TPSA) is 41.6 Å². The number of nitrogens with zero attached hydrogens (tertiary/aromatic N) is 1. The molecule has 0 aromatic heterocycles. The van der Waals surface area contributed by atoms with Gasteiger partial charge in [-0.05, 0) is 38.6 Å². The molecule has 112 valence electrons. The van der Waals surface area contributed by atoms with Gasteiger partial charge in [0, 0.05) is 25.2 Å². The Hall–Kier alpha value is -1.62. The minimum Gasteiger partial charge on any atom is -0.483 e. The fourth-order valence-corrected chi connectivity index (χ4v) is 1.62. The van der Waals surface area contributed by atoms with Crippen LogP contribution in [0.15, 0.2) is 18.2 Å². The van der Waals surface area contributed by atoms with E-state index in [0.717, 1.165) is 6.54 Å². The highest BCUT2D eigenvalue weighted by atomic mass is 19.1. The van der Waals surface area contributed by atoms with Crippen LogP contribution >= 0.6 is 0 Å². The van der Waals surface area contributed by atoms with Crippen molar-refractivity contribution >= 4 is 5.91 Å². The van der Waals surface area contributed by atoms with Crippen molar-refractivity contribution < 1.29 is 13.9 Å². The maximum absolute atomic E-state index is 13.2. The van der Waals surface area contributed by atoms with E-state index in [9.17, 15) is 9.18 Å². The van der Waals surface area contributed by atoms with E-state index in [1.54, 1.807) is 18.0 Å². The fraction of sp³-hybridized carbons (Fsp3) is 0.533. The minimum atomic E-state index is -0.309. The molecule has 0 spiro atoms. The fourth-order valence-electron chi connectivity index (χ4n) is 1.62. The van der Waals surface area contributed by atoms with Crippen LogP contribution in [0.25, 0.3) is 0 Å². The summed E-state index contributed by atoms with van der Waals surface area (Å²) in [5.74, 6) is 0.132. The Morgan fingerprint density at radius 2 is 2.15 bits per heavy atom. The first-order valence-corrected chi connectivity index (χ1v) is 6.83. The van der Waals surface area contributed by atoms with Crippen LogP contribution in [0, 0.1) is 5.82 Å². The molecule has 0 aliphatic carbocycles. The second-order valence-electron chi connectivity index (χ2n) is 4.92. The van der Waals surface area contributed by atoms with Crippen LogP contribution < -0.4 is 10.1 Å². The van der Waals surface area contributed by atoms with Gasteiger partial charge in [-0.25, -0.2) is 4.39 Å². The van der Waals surface area contributed by atoms with Crippen LogP contribution in [0.4, 0.5) is 4.39 Å². The smallest absolute Gasteiger partial charge is 0.260 e. The van der Waals surface area contributed by atoms with Gasteiger partial charge in [-0.15, -0.1) is 0 Å². The summed E-state index contributed by atoms with van der Waals surface area (Å²) in [7, 11) is 1.74. The van der Waals surface area contributed by atoms with Crippen molar-refractivity contribution in [3.63, 3.8) is 0 Å². The molecule has 0 bridgehead atoms. The lowest BCUT2D eigenvalue weighted by molar-refractivity contribution is -0.133. The van der Waals surface area contributed by atoms with Crippen molar-refractivity contribution in [2.24, 2.45) is 0 Å². The van der Waals surface area contributed by atoms with E-state index in [4.69, 9.17) is 4.74 Å². The zero-order valence-electron chi connectivity index (χ0n) is 12.6. The Morgan fingerprint density at radius 1 is 1.45 bits per heavy atom. The summed E-state index contributed by atoms with van der Waals surface area (Å²) >= 11 is 0. The number of carbonyl (C=O) groups is 1. The van der Waals surface area contributed by atoms with Gasteiger partial charge in [0.15, 0.2) is 6.61 Å². The van der Waals surface area contributed by atoms with Crippen molar-refractivity contribution in [3.05, 3.63) is 29.6 Å². The van der Waals surface area contributed by atoms with E-state index in [1.807, 2.05) is 20.8 Å². The first-order valence-electron chi connectivity index (χ1n) is 6.83. The average molecular weight is 282 g/mol. The number of likely N-dealkylation sites (N-methyl/N-ethyl adjacent to an activating group) is 1. The highest BCUT2D eigenvalue weighted by Crippen LogP contribution is 2.19. The number of benzene rings is 1. The molecule has 0 fully saturated rings. The number of nitrogens with one attached hydrogen (secondary N) is 1. The van der Waals surface area contributed by atoms with E-state index in [2.05, 4.69) is 5.32 Å². The number of amides is 1. The van der Waals surface area contributed by atoms with Gasteiger partial charge < -0.3 is 15.0 Å². The van der Waals surface area contributed by atoms with E-state index in [0.29, 0.717) is 17.9 Å². The van der Waals surface area contributed by atoms with Crippen LogP contribution in [-0.2, 0) is 11.3 Å². The maximum Gasteiger partial charge on any atom is 0.260 e. The van der Waals surface area contributed by atoms with E-state index in [1.165, 1.54) is 12.1 Å². The van der Waals surface area contributed by atoms with Gasteiger partial charge in [0.1, 0.15) is 11.6 Å². The van der Waals surface area contributed by atoms with Crippen molar-refractivity contribution in [2.75, 3.05) is 20.2 Å². The summed E-state index contributed by atoms with van der Waals surface area (Å²) in [6.45, 7) is 7.10. The van der Waals surface area contributed by atoms with Crippen LogP contribution in [0.5, 0.6) is 5.75 Å². The molecule has 0 saturated carbocycles. The predicted molar refractivity (Wildman–Crippen MR) is 77.2 cm³/mol. The van der Waals surface area contributed by atoms with Crippen molar-refractivity contribution in [1.82, 2.24) is 10.2 Å². The van der Waals surface area contributed by atoms with Crippen LogP contribution in [0.1, 0.15) is 26.3 Å². The second kappa shape index (κ2) is 7.85. The first kappa shape index (κ1) is 16.4. The third-order valence-electron chi connectivity index (χ3n) is 3.11. The lowest BCUT2D eigenvalue weighted by Gasteiger charge is -2.21. The second-order valence-corrected chi connectivity index (χ2v) is 4.92. The molecular weight excluding hydrogens is 259 g/mol. The number of rotatable bonds is 7. The first-order chi connectivity index (χ1) is 9.45. The van der Waals surface area contributed by atoms with Gasteiger partial charge in [0.05, 0.1) is 0 Å². The molecule has 20 heavy (non-hydrogen) atoms. The average Bonchev–Trinajstić information content (AvgIpc) is 2.42. The minimum absolute atomic E-state index is 0.0422. The summed E-state index contributed by atoms with van der Waals surface area (Å²) in [5, 5.41) is 3.12. The summed E-state index contributed by atoms with van der Waals surface area (Å²) < 4.78 is 18.8. The molecule has 0 heterocycles. The standard InChI is InChI=1S/C15H23FN2O2/c1-5-17-9-12-8-13(16)6-7-14(12)20-10-15(19)18(4)11(2)3/h6-8,11,17H,5,9-10H2,1-4H3. The molecule has 0 unspecified atom stereocenters. The third-order valence-corrected chi connectivity index (χ3v) is 3.11. The summed E-state index contributed by atoms with van der Waals surface area (Å²) in [5.41, 5.74) is 0.715. The molecule has 1 aromatic carbocycles. The molecule has 0 atom stereocenters. The lowest BCUT2D eigenvalue weighted by atomic mass is 10.2. The summed E-state index contributed by atoms with van der Waals surface area (Å²) in [4.78, 5) is 13.5. The summed E-state index contributed by atoms with van der Waals surface area (Å²) in [6, 6.07) is 4.45. The van der Waals surface area contributed by atoms with Crippen LogP contribution in [0.3, 0.4) is 0 Å². The zero-order chi connectivity index (χ0) is 15.1. The Labute approximate surface area is 119 Å². The van der Waals surface area contributed by atoms with Gasteiger partial charge in [-0.1, -0.05) is 6.92 Å².